The van der Waals surface area contributed by atoms with Crippen LogP contribution in [0.4, 0.5) is 0 Å². The highest BCUT2D eigenvalue weighted by atomic mass is 16.4. The number of aliphatic carboxylic acids is 1. The number of carbonyl (C=O) groups is 1. The Kier molecular flexibility index (Phi) is 12.6. The van der Waals surface area contributed by atoms with Crippen LogP contribution >= 0.6 is 0 Å². The van der Waals surface area contributed by atoms with Crippen LogP contribution in [0.15, 0.2) is 0 Å². The second-order valence-electron chi connectivity index (χ2n) is 7.93. The van der Waals surface area contributed by atoms with Crippen molar-refractivity contribution < 1.29 is 9.90 Å². The molecule has 0 amide bonds. The number of rotatable bonds is 14. The van der Waals surface area contributed by atoms with Gasteiger partial charge in [-0.3, -0.25) is 4.79 Å². The second kappa shape index (κ2) is 13.0. The predicted molar refractivity (Wildman–Crippen MR) is 96.3 cm³/mol. The summed E-state index contributed by atoms with van der Waals surface area (Å²) in [5.74, 6) is -0.828. The third-order valence-corrected chi connectivity index (χ3v) is 4.69. The number of unbranched alkanes of at least 4 members (excludes halogenated alkanes) is 11. The Hall–Kier alpha value is -0.530. The Morgan fingerprint density at radius 1 is 0.773 bits per heavy atom. The van der Waals surface area contributed by atoms with E-state index < -0.39 is 5.97 Å². The van der Waals surface area contributed by atoms with Gasteiger partial charge in [-0.05, 0) is 11.8 Å². The van der Waals surface area contributed by atoms with Crippen LogP contribution in [0.5, 0.6) is 0 Å². The Balaban J connectivity index is 3.41. The summed E-state index contributed by atoms with van der Waals surface area (Å²) in [4.78, 5) is 11.3. The van der Waals surface area contributed by atoms with E-state index in [1.807, 2.05) is 20.8 Å². The summed E-state index contributed by atoms with van der Waals surface area (Å²) < 4.78 is 0. The molecule has 0 bridgehead atoms. The van der Waals surface area contributed by atoms with E-state index in [-0.39, 0.29) is 11.3 Å². The molecular formula is C20H40O2. The average Bonchev–Trinajstić information content (AvgIpc) is 2.42. The molecule has 0 aliphatic rings. The van der Waals surface area contributed by atoms with E-state index in [4.69, 9.17) is 0 Å². The zero-order valence-electron chi connectivity index (χ0n) is 15.6. The largest absolute Gasteiger partial charge is 0.481 e. The van der Waals surface area contributed by atoms with Crippen LogP contribution in [0.3, 0.4) is 0 Å². The fourth-order valence-corrected chi connectivity index (χ4v) is 3.12. The molecule has 1 atom stereocenters. The number of carboxylic acids is 1. The zero-order chi connectivity index (χ0) is 16.8. The van der Waals surface area contributed by atoms with Gasteiger partial charge >= 0.3 is 5.97 Å². The van der Waals surface area contributed by atoms with E-state index in [1.165, 1.54) is 70.6 Å². The maximum Gasteiger partial charge on any atom is 0.307 e. The van der Waals surface area contributed by atoms with Gasteiger partial charge in [0.05, 0.1) is 5.92 Å². The van der Waals surface area contributed by atoms with E-state index in [1.54, 1.807) is 0 Å². The highest BCUT2D eigenvalue weighted by Gasteiger charge is 2.30. The predicted octanol–water partition coefficient (Wildman–Crippen LogP) is 6.82. The summed E-state index contributed by atoms with van der Waals surface area (Å²) in [5.41, 5.74) is -0.121. The molecule has 0 spiro atoms. The van der Waals surface area contributed by atoms with Crippen LogP contribution in [0.25, 0.3) is 0 Å². The molecule has 0 aromatic heterocycles. The molecule has 0 aliphatic heterocycles. The van der Waals surface area contributed by atoms with E-state index in [9.17, 15) is 9.90 Å². The molecule has 0 rings (SSSR count). The van der Waals surface area contributed by atoms with Crippen LogP contribution in [-0.4, -0.2) is 11.1 Å². The lowest BCUT2D eigenvalue weighted by atomic mass is 9.78. The van der Waals surface area contributed by atoms with Gasteiger partial charge in [-0.25, -0.2) is 0 Å². The van der Waals surface area contributed by atoms with E-state index in [0.29, 0.717) is 0 Å². The molecule has 2 nitrogen and oxygen atoms in total. The lowest BCUT2D eigenvalue weighted by Gasteiger charge is -2.26. The normalized spacial score (nSPS) is 13.3. The molecule has 1 N–H and O–H groups in total. The van der Waals surface area contributed by atoms with Crippen molar-refractivity contribution in [2.75, 3.05) is 0 Å². The monoisotopic (exact) mass is 312 g/mol. The maximum atomic E-state index is 11.3. The maximum absolute atomic E-state index is 11.3. The summed E-state index contributed by atoms with van der Waals surface area (Å²) in [5, 5.41) is 9.29. The average molecular weight is 313 g/mol. The van der Waals surface area contributed by atoms with E-state index in [2.05, 4.69) is 6.92 Å². The van der Waals surface area contributed by atoms with Gasteiger partial charge in [0, 0.05) is 0 Å². The SMILES string of the molecule is CCCCCCCCCCCCCCC(C(=O)O)C(C)(C)C. The molecule has 22 heavy (non-hydrogen) atoms. The van der Waals surface area contributed by atoms with Crippen molar-refractivity contribution in [1.82, 2.24) is 0 Å². The summed E-state index contributed by atoms with van der Waals surface area (Å²) in [6, 6.07) is 0. The smallest absolute Gasteiger partial charge is 0.307 e. The van der Waals surface area contributed by atoms with Gasteiger partial charge in [0.15, 0.2) is 0 Å². The molecule has 0 radical (unpaired) electrons. The Morgan fingerprint density at radius 2 is 1.14 bits per heavy atom. The van der Waals surface area contributed by atoms with Gasteiger partial charge in [-0.15, -0.1) is 0 Å². The molecule has 0 fully saturated rings. The molecule has 0 saturated carbocycles. The van der Waals surface area contributed by atoms with Crippen molar-refractivity contribution in [3.05, 3.63) is 0 Å². The van der Waals surface area contributed by atoms with Gasteiger partial charge in [-0.1, -0.05) is 105 Å². The van der Waals surface area contributed by atoms with Crippen LogP contribution in [-0.2, 0) is 4.79 Å². The fourth-order valence-electron chi connectivity index (χ4n) is 3.12. The number of carboxylic acid groups (broad SMARTS) is 1. The Morgan fingerprint density at radius 3 is 1.45 bits per heavy atom. The van der Waals surface area contributed by atoms with Gasteiger partial charge < -0.3 is 5.11 Å². The molecular weight excluding hydrogens is 272 g/mol. The minimum atomic E-state index is -0.629. The van der Waals surface area contributed by atoms with E-state index >= 15 is 0 Å². The summed E-state index contributed by atoms with van der Waals surface area (Å²) in [6.45, 7) is 8.37. The summed E-state index contributed by atoms with van der Waals surface area (Å²) in [7, 11) is 0. The highest BCUT2D eigenvalue weighted by Crippen LogP contribution is 2.30. The summed E-state index contributed by atoms with van der Waals surface area (Å²) in [6.07, 6.45) is 16.8. The molecule has 0 saturated heterocycles. The first-order valence-electron chi connectivity index (χ1n) is 9.62. The molecule has 2 heteroatoms. The number of hydrogen-bond donors (Lipinski definition) is 1. The zero-order valence-corrected chi connectivity index (χ0v) is 15.6. The molecule has 0 aliphatic carbocycles. The topological polar surface area (TPSA) is 37.3 Å². The van der Waals surface area contributed by atoms with Crippen LogP contribution < -0.4 is 0 Å². The molecule has 132 valence electrons. The third-order valence-electron chi connectivity index (χ3n) is 4.69. The lowest BCUT2D eigenvalue weighted by molar-refractivity contribution is -0.145. The molecule has 0 aromatic rings. The third kappa shape index (κ3) is 12.1. The van der Waals surface area contributed by atoms with Crippen LogP contribution in [0.1, 0.15) is 111 Å². The summed E-state index contributed by atoms with van der Waals surface area (Å²) >= 11 is 0. The molecule has 0 aromatic carbocycles. The van der Waals surface area contributed by atoms with Crippen molar-refractivity contribution in [2.24, 2.45) is 11.3 Å². The molecule has 1 unspecified atom stereocenters. The van der Waals surface area contributed by atoms with Crippen LogP contribution in [0, 0.1) is 11.3 Å². The van der Waals surface area contributed by atoms with E-state index in [0.717, 1.165) is 12.8 Å². The van der Waals surface area contributed by atoms with Gasteiger partial charge in [-0.2, -0.15) is 0 Å². The Labute approximate surface area is 139 Å². The highest BCUT2D eigenvalue weighted by molar-refractivity contribution is 5.70. The lowest BCUT2D eigenvalue weighted by Crippen LogP contribution is -2.28. The first kappa shape index (κ1) is 21.5. The quantitative estimate of drug-likeness (QED) is 0.357. The van der Waals surface area contributed by atoms with Crippen molar-refractivity contribution >= 4 is 5.97 Å². The standard InChI is InChI=1S/C20H40O2/c1-5-6-7-8-9-10-11-12-13-14-15-16-17-18(19(21)22)20(2,3)4/h18H,5-17H2,1-4H3,(H,21,22). The van der Waals surface area contributed by atoms with Crippen molar-refractivity contribution in [1.29, 1.82) is 0 Å². The second-order valence-corrected chi connectivity index (χ2v) is 7.93. The van der Waals surface area contributed by atoms with Crippen molar-refractivity contribution in [2.45, 2.75) is 111 Å². The van der Waals surface area contributed by atoms with Crippen molar-refractivity contribution in [3.63, 3.8) is 0 Å². The molecule has 0 heterocycles. The van der Waals surface area contributed by atoms with Crippen LogP contribution in [0.2, 0.25) is 0 Å². The van der Waals surface area contributed by atoms with Crippen molar-refractivity contribution in [3.8, 4) is 0 Å². The first-order chi connectivity index (χ1) is 10.4. The first-order valence-corrected chi connectivity index (χ1v) is 9.62. The van der Waals surface area contributed by atoms with Gasteiger partial charge in [0.1, 0.15) is 0 Å². The Bertz CT molecular complexity index is 265. The minimum Gasteiger partial charge on any atom is -0.481 e. The number of hydrogen-bond acceptors (Lipinski definition) is 1. The fraction of sp³-hybridized carbons (Fsp3) is 0.950. The van der Waals surface area contributed by atoms with Gasteiger partial charge in [0.25, 0.3) is 0 Å². The van der Waals surface area contributed by atoms with Gasteiger partial charge in [0.2, 0.25) is 0 Å². The minimum absolute atomic E-state index is 0.121.